The number of fused-ring (bicyclic) bond motifs is 1. The molecule has 0 fully saturated rings. The first-order valence-electron chi connectivity index (χ1n) is 11.9. The number of thiophene rings is 1. The van der Waals surface area contributed by atoms with Crippen molar-refractivity contribution in [2.24, 2.45) is 5.73 Å². The standard InChI is InChI=1S/C26H22F3N7O3S/c1-4-36-12(2)16(11-31-36)15-9-19(26(27,28)29)32-25-20(15)21(22(40-25)23(30)37)33-24(38)18-10-17(34-35-18)13-6-5-7-14(8-13)39-3/h5-11H,4H2,1-3H3,(H2,30,37)(H,33,38)(H,34,35). The third-order valence-corrected chi connectivity index (χ3v) is 7.39. The molecule has 40 heavy (non-hydrogen) atoms. The number of alkyl halides is 3. The zero-order valence-corrected chi connectivity index (χ0v) is 22.2. The summed E-state index contributed by atoms with van der Waals surface area (Å²) < 4.78 is 48.3. The van der Waals surface area contributed by atoms with Crippen LogP contribution in [0.3, 0.4) is 0 Å². The number of pyridine rings is 1. The van der Waals surface area contributed by atoms with Crippen molar-refractivity contribution in [2.75, 3.05) is 12.4 Å². The second-order valence-corrected chi connectivity index (χ2v) is 9.71. The lowest BCUT2D eigenvalue weighted by molar-refractivity contribution is -0.140. The van der Waals surface area contributed by atoms with Gasteiger partial charge in [-0.2, -0.15) is 23.4 Å². The number of hydrogen-bond acceptors (Lipinski definition) is 7. The first kappa shape index (κ1) is 26.9. The van der Waals surface area contributed by atoms with Gasteiger partial charge in [0.2, 0.25) is 0 Å². The van der Waals surface area contributed by atoms with E-state index in [0.717, 1.165) is 6.07 Å². The molecule has 0 atom stereocenters. The van der Waals surface area contributed by atoms with Gasteiger partial charge in [-0.15, -0.1) is 11.3 Å². The summed E-state index contributed by atoms with van der Waals surface area (Å²) in [6.45, 7) is 4.05. The van der Waals surface area contributed by atoms with E-state index in [1.807, 2.05) is 6.92 Å². The van der Waals surface area contributed by atoms with E-state index in [0.29, 0.717) is 46.1 Å². The van der Waals surface area contributed by atoms with Crippen molar-refractivity contribution < 1.29 is 27.5 Å². The predicted octanol–water partition coefficient (Wildman–Crippen LogP) is 5.26. The number of halogens is 3. The normalized spacial score (nSPS) is 11.7. The number of ether oxygens (including phenoxy) is 1. The highest BCUT2D eigenvalue weighted by atomic mass is 32.1. The number of carbonyl (C=O) groups is 2. The zero-order chi connectivity index (χ0) is 28.8. The van der Waals surface area contributed by atoms with Crippen LogP contribution in [0, 0.1) is 6.92 Å². The smallest absolute Gasteiger partial charge is 0.433 e. The number of carbonyl (C=O) groups excluding carboxylic acids is 2. The Hall–Kier alpha value is -4.72. The number of nitrogens with one attached hydrogen (secondary N) is 2. The average Bonchev–Trinajstić information content (AvgIpc) is 3.65. The van der Waals surface area contributed by atoms with Crippen LogP contribution in [0.15, 0.2) is 42.6 Å². The monoisotopic (exact) mass is 569 g/mol. The third-order valence-electron chi connectivity index (χ3n) is 6.30. The summed E-state index contributed by atoms with van der Waals surface area (Å²) in [7, 11) is 1.53. The van der Waals surface area contributed by atoms with Crippen LogP contribution in [-0.4, -0.2) is 43.9 Å². The second kappa shape index (κ2) is 10.1. The topological polar surface area (TPSA) is 141 Å². The van der Waals surface area contributed by atoms with Gasteiger partial charge >= 0.3 is 6.18 Å². The maximum Gasteiger partial charge on any atom is 0.433 e. The molecule has 10 nitrogen and oxygen atoms in total. The number of rotatable bonds is 7. The molecule has 5 rings (SSSR count). The van der Waals surface area contributed by atoms with Crippen molar-refractivity contribution in [3.63, 3.8) is 0 Å². The minimum absolute atomic E-state index is 0.0454. The van der Waals surface area contributed by atoms with Crippen molar-refractivity contribution in [1.29, 1.82) is 0 Å². The summed E-state index contributed by atoms with van der Waals surface area (Å²) in [5.41, 5.74) is 6.68. The number of aromatic nitrogens is 5. The van der Waals surface area contributed by atoms with Crippen LogP contribution in [-0.2, 0) is 12.7 Å². The molecule has 2 amide bonds. The molecule has 0 saturated heterocycles. The highest BCUT2D eigenvalue weighted by Crippen LogP contribution is 2.44. The summed E-state index contributed by atoms with van der Waals surface area (Å²) in [6.07, 6.45) is -3.32. The lowest BCUT2D eigenvalue weighted by atomic mass is 10.0. The Labute approximate surface area is 229 Å². The van der Waals surface area contributed by atoms with Crippen molar-refractivity contribution in [3.05, 3.63) is 64.6 Å². The second-order valence-electron chi connectivity index (χ2n) is 8.72. The van der Waals surface area contributed by atoms with E-state index in [9.17, 15) is 22.8 Å². The largest absolute Gasteiger partial charge is 0.497 e. The van der Waals surface area contributed by atoms with Crippen molar-refractivity contribution in [1.82, 2.24) is 25.0 Å². The van der Waals surface area contributed by atoms with Crippen LogP contribution < -0.4 is 15.8 Å². The van der Waals surface area contributed by atoms with Crippen molar-refractivity contribution in [3.8, 4) is 28.1 Å². The van der Waals surface area contributed by atoms with E-state index in [1.54, 1.807) is 35.9 Å². The number of methoxy groups -OCH3 is 1. The molecule has 0 saturated carbocycles. The lowest BCUT2D eigenvalue weighted by Gasteiger charge is -2.12. The van der Waals surface area contributed by atoms with Gasteiger partial charge in [-0.25, -0.2) is 4.98 Å². The molecule has 14 heteroatoms. The van der Waals surface area contributed by atoms with E-state index in [4.69, 9.17) is 10.5 Å². The number of benzene rings is 1. The van der Waals surface area contributed by atoms with Crippen LogP contribution in [0.5, 0.6) is 5.75 Å². The van der Waals surface area contributed by atoms with Crippen LogP contribution in [0.4, 0.5) is 18.9 Å². The molecule has 4 N–H and O–H groups in total. The van der Waals surface area contributed by atoms with Gasteiger partial charge in [0, 0.05) is 28.8 Å². The number of hydrogen-bond donors (Lipinski definition) is 3. The minimum atomic E-state index is -4.76. The van der Waals surface area contributed by atoms with Gasteiger partial charge in [-0.1, -0.05) is 12.1 Å². The number of aromatic amines is 1. The number of anilines is 1. The Morgan fingerprint density at radius 1 is 1.20 bits per heavy atom. The molecule has 1 aromatic carbocycles. The molecule has 0 aliphatic carbocycles. The maximum atomic E-state index is 13.8. The molecule has 0 aliphatic heterocycles. The molecule has 4 heterocycles. The Bertz CT molecular complexity index is 1770. The summed E-state index contributed by atoms with van der Waals surface area (Å²) >= 11 is 0.666. The molecular formula is C26H22F3N7O3S. The zero-order valence-electron chi connectivity index (χ0n) is 21.4. The lowest BCUT2D eigenvalue weighted by Crippen LogP contribution is -2.17. The summed E-state index contributed by atoms with van der Waals surface area (Å²) in [4.78, 5) is 29.2. The first-order chi connectivity index (χ1) is 19.0. The fourth-order valence-corrected chi connectivity index (χ4v) is 5.33. The Morgan fingerprint density at radius 3 is 2.62 bits per heavy atom. The number of primary amides is 1. The number of nitrogens with two attached hydrogens (primary N) is 1. The molecular weight excluding hydrogens is 547 g/mol. The molecule has 0 radical (unpaired) electrons. The summed E-state index contributed by atoms with van der Waals surface area (Å²) in [6, 6.07) is 9.44. The number of aryl methyl sites for hydroxylation is 1. The van der Waals surface area contributed by atoms with E-state index in [-0.39, 0.29) is 32.0 Å². The highest BCUT2D eigenvalue weighted by Gasteiger charge is 2.35. The van der Waals surface area contributed by atoms with Gasteiger partial charge in [-0.05, 0) is 43.7 Å². The third kappa shape index (κ3) is 4.77. The van der Waals surface area contributed by atoms with Gasteiger partial charge in [0.05, 0.1) is 24.7 Å². The molecule has 0 bridgehead atoms. The van der Waals surface area contributed by atoms with Crippen molar-refractivity contribution in [2.45, 2.75) is 26.6 Å². The number of H-pyrrole nitrogens is 1. The van der Waals surface area contributed by atoms with Crippen LogP contribution in [0.2, 0.25) is 0 Å². The molecule has 5 aromatic rings. The van der Waals surface area contributed by atoms with Gasteiger partial charge in [0.1, 0.15) is 26.8 Å². The minimum Gasteiger partial charge on any atom is -0.497 e. The molecule has 0 aliphatic rings. The summed E-state index contributed by atoms with van der Waals surface area (Å²) in [5, 5.41) is 13.9. The quantitative estimate of drug-likeness (QED) is 0.244. The van der Waals surface area contributed by atoms with E-state index in [2.05, 4.69) is 25.6 Å². The molecule has 206 valence electrons. The first-order valence-corrected chi connectivity index (χ1v) is 12.7. The van der Waals surface area contributed by atoms with E-state index < -0.39 is 23.7 Å². The van der Waals surface area contributed by atoms with Crippen LogP contribution in [0.25, 0.3) is 32.6 Å². The average molecular weight is 570 g/mol. The number of nitrogens with zero attached hydrogens (tertiary/aromatic N) is 4. The number of amides is 2. The Balaban J connectivity index is 1.64. The van der Waals surface area contributed by atoms with Crippen LogP contribution >= 0.6 is 11.3 Å². The van der Waals surface area contributed by atoms with Gasteiger partial charge in [0.15, 0.2) is 0 Å². The highest BCUT2D eigenvalue weighted by molar-refractivity contribution is 7.21. The fraction of sp³-hybridized carbons (Fsp3) is 0.192. The molecule has 0 spiro atoms. The summed E-state index contributed by atoms with van der Waals surface area (Å²) in [5.74, 6) is -1.02. The van der Waals surface area contributed by atoms with Crippen molar-refractivity contribution >= 4 is 39.1 Å². The maximum absolute atomic E-state index is 13.8. The van der Waals surface area contributed by atoms with Gasteiger partial charge < -0.3 is 15.8 Å². The van der Waals surface area contributed by atoms with E-state index >= 15 is 0 Å². The fourth-order valence-electron chi connectivity index (χ4n) is 4.33. The van der Waals surface area contributed by atoms with E-state index in [1.165, 1.54) is 19.4 Å². The van der Waals surface area contributed by atoms with Gasteiger partial charge in [-0.3, -0.25) is 19.4 Å². The van der Waals surface area contributed by atoms with Crippen LogP contribution in [0.1, 0.15) is 38.5 Å². The Morgan fingerprint density at radius 2 is 1.98 bits per heavy atom. The molecule has 4 aromatic heterocycles. The predicted molar refractivity (Wildman–Crippen MR) is 143 cm³/mol. The SMILES string of the molecule is CCn1ncc(-c2cc(C(F)(F)F)nc3sc(C(N)=O)c(NC(=O)c4cc(-c5cccc(OC)c5)n[nH]4)c23)c1C. The Kier molecular flexibility index (Phi) is 6.79. The molecule has 0 unspecified atom stereocenters. The van der Waals surface area contributed by atoms with Gasteiger partial charge in [0.25, 0.3) is 11.8 Å².